The van der Waals surface area contributed by atoms with E-state index in [0.29, 0.717) is 29.0 Å². The highest BCUT2D eigenvalue weighted by atomic mass is 19.1. The smallest absolute Gasteiger partial charge is 0.256 e. The van der Waals surface area contributed by atoms with Gasteiger partial charge in [-0.15, -0.1) is 0 Å². The van der Waals surface area contributed by atoms with Gasteiger partial charge in [-0.1, -0.05) is 24.3 Å². The van der Waals surface area contributed by atoms with Crippen molar-refractivity contribution in [2.75, 3.05) is 23.8 Å². The Morgan fingerprint density at radius 1 is 1.03 bits per heavy atom. The predicted molar refractivity (Wildman–Crippen MR) is 124 cm³/mol. The van der Waals surface area contributed by atoms with E-state index in [4.69, 9.17) is 4.74 Å². The fourth-order valence-electron chi connectivity index (χ4n) is 4.37. The number of rotatable bonds is 6. The van der Waals surface area contributed by atoms with Crippen LogP contribution in [0.2, 0.25) is 0 Å². The van der Waals surface area contributed by atoms with Gasteiger partial charge in [0.25, 0.3) is 11.8 Å². The highest BCUT2D eigenvalue weighted by Gasteiger charge is 2.38. The summed E-state index contributed by atoms with van der Waals surface area (Å²) < 4.78 is 18.9. The number of benzene rings is 3. The molecule has 2 amide bonds. The largest absolute Gasteiger partial charge is 0.376 e. The summed E-state index contributed by atoms with van der Waals surface area (Å²) in [7, 11) is 0. The molecule has 2 N–H and O–H groups in total. The van der Waals surface area contributed by atoms with Crippen molar-refractivity contribution in [1.29, 1.82) is 0 Å². The lowest BCUT2D eigenvalue weighted by Crippen LogP contribution is -2.38. The first-order valence-electron chi connectivity index (χ1n) is 11.0. The fourth-order valence-corrected chi connectivity index (χ4v) is 4.37. The molecule has 2 unspecified atom stereocenters. The van der Waals surface area contributed by atoms with Crippen molar-refractivity contribution in [3.8, 4) is 0 Å². The van der Waals surface area contributed by atoms with E-state index >= 15 is 0 Å². The third kappa shape index (κ3) is 4.45. The van der Waals surface area contributed by atoms with Crippen LogP contribution in [0.5, 0.6) is 0 Å². The first-order chi connectivity index (χ1) is 16.1. The molecule has 1 fully saturated rings. The quantitative estimate of drug-likeness (QED) is 0.571. The standard InChI is InChI=1S/C26H24FN3O3/c27-18-10-12-19(13-11-18)29-25(31)17-5-3-6-20(15-17)28-24-22-8-1-2-9-23(22)26(32)30(24)16-21-7-4-14-33-21/h1-3,5-6,8-13,15,21,24,28H,4,7,14,16H2,(H,29,31). The molecule has 168 valence electrons. The Morgan fingerprint density at radius 2 is 1.85 bits per heavy atom. The Labute approximate surface area is 191 Å². The fraction of sp³-hybridized carbons (Fsp3) is 0.231. The van der Waals surface area contributed by atoms with E-state index in [0.717, 1.165) is 25.0 Å². The first kappa shape index (κ1) is 21.2. The van der Waals surface area contributed by atoms with Crippen LogP contribution in [0, 0.1) is 5.82 Å². The maximum atomic E-state index is 13.1. The summed E-state index contributed by atoms with van der Waals surface area (Å²) in [6.45, 7) is 1.23. The average molecular weight is 445 g/mol. The van der Waals surface area contributed by atoms with Crippen molar-refractivity contribution in [3.05, 3.63) is 95.3 Å². The van der Waals surface area contributed by atoms with E-state index in [1.54, 1.807) is 18.2 Å². The minimum Gasteiger partial charge on any atom is -0.376 e. The minimum atomic E-state index is -0.363. The zero-order chi connectivity index (χ0) is 22.8. The third-order valence-electron chi connectivity index (χ3n) is 6.01. The number of carbonyl (C=O) groups is 2. The summed E-state index contributed by atoms with van der Waals surface area (Å²) in [4.78, 5) is 27.7. The second-order valence-corrected chi connectivity index (χ2v) is 8.27. The number of halogens is 1. The van der Waals surface area contributed by atoms with Gasteiger partial charge in [-0.3, -0.25) is 9.59 Å². The number of nitrogens with one attached hydrogen (secondary N) is 2. The molecule has 2 heterocycles. The van der Waals surface area contributed by atoms with Gasteiger partial charge in [-0.25, -0.2) is 4.39 Å². The molecule has 3 aromatic carbocycles. The van der Waals surface area contributed by atoms with Crippen molar-refractivity contribution in [1.82, 2.24) is 4.90 Å². The number of hydrogen-bond donors (Lipinski definition) is 2. The summed E-state index contributed by atoms with van der Waals surface area (Å²) in [5.74, 6) is -0.689. The molecule has 33 heavy (non-hydrogen) atoms. The summed E-state index contributed by atoms with van der Waals surface area (Å²) in [5.41, 5.74) is 3.26. The van der Waals surface area contributed by atoms with Crippen LogP contribution in [0.1, 0.15) is 45.3 Å². The summed E-state index contributed by atoms with van der Waals surface area (Å²) in [6, 6.07) is 20.3. The Bertz CT molecular complexity index is 1180. The monoisotopic (exact) mass is 445 g/mol. The van der Waals surface area contributed by atoms with Gasteiger partial charge < -0.3 is 20.3 Å². The summed E-state index contributed by atoms with van der Waals surface area (Å²) >= 11 is 0. The van der Waals surface area contributed by atoms with Crippen LogP contribution < -0.4 is 10.6 Å². The molecule has 2 atom stereocenters. The molecule has 5 rings (SSSR count). The van der Waals surface area contributed by atoms with Gasteiger partial charge >= 0.3 is 0 Å². The topological polar surface area (TPSA) is 70.7 Å². The second kappa shape index (κ2) is 9.03. The van der Waals surface area contributed by atoms with Crippen molar-refractivity contribution < 1.29 is 18.7 Å². The lowest BCUT2D eigenvalue weighted by molar-refractivity contribution is 0.0488. The normalized spacial score (nSPS) is 19.4. The van der Waals surface area contributed by atoms with Crippen LogP contribution in [-0.2, 0) is 4.74 Å². The molecular formula is C26H24FN3O3. The van der Waals surface area contributed by atoms with Crippen molar-refractivity contribution in [3.63, 3.8) is 0 Å². The van der Waals surface area contributed by atoms with Gasteiger partial charge in [0.15, 0.2) is 0 Å². The molecule has 0 bridgehead atoms. The molecule has 6 nitrogen and oxygen atoms in total. The second-order valence-electron chi connectivity index (χ2n) is 8.27. The summed E-state index contributed by atoms with van der Waals surface area (Å²) in [5, 5.41) is 6.21. The average Bonchev–Trinajstić information content (AvgIpc) is 3.44. The predicted octanol–water partition coefficient (Wildman–Crippen LogP) is 4.82. The lowest BCUT2D eigenvalue weighted by atomic mass is 10.1. The highest BCUT2D eigenvalue weighted by Crippen LogP contribution is 2.35. The van der Waals surface area contributed by atoms with E-state index in [9.17, 15) is 14.0 Å². The van der Waals surface area contributed by atoms with Crippen LogP contribution in [0.25, 0.3) is 0 Å². The van der Waals surface area contributed by atoms with Gasteiger partial charge in [0.1, 0.15) is 12.0 Å². The Kier molecular flexibility index (Phi) is 5.79. The number of nitrogens with zero attached hydrogens (tertiary/aromatic N) is 1. The lowest BCUT2D eigenvalue weighted by Gasteiger charge is -2.29. The van der Waals surface area contributed by atoms with Gasteiger partial charge in [-0.05, 0) is 61.4 Å². The van der Waals surface area contributed by atoms with Gasteiger partial charge in [0.05, 0.1) is 6.10 Å². The molecule has 3 aromatic rings. The van der Waals surface area contributed by atoms with E-state index in [1.807, 2.05) is 35.2 Å². The minimum absolute atomic E-state index is 0.0243. The molecule has 1 saturated heterocycles. The Morgan fingerprint density at radius 3 is 2.64 bits per heavy atom. The van der Waals surface area contributed by atoms with Crippen molar-refractivity contribution in [2.45, 2.75) is 25.1 Å². The maximum absolute atomic E-state index is 13.1. The molecule has 0 spiro atoms. The van der Waals surface area contributed by atoms with Crippen LogP contribution in [0.3, 0.4) is 0 Å². The third-order valence-corrected chi connectivity index (χ3v) is 6.01. The molecule has 0 radical (unpaired) electrons. The van der Waals surface area contributed by atoms with Crippen molar-refractivity contribution >= 4 is 23.2 Å². The van der Waals surface area contributed by atoms with Crippen LogP contribution in [0.15, 0.2) is 72.8 Å². The number of carbonyl (C=O) groups excluding carboxylic acids is 2. The van der Waals surface area contributed by atoms with E-state index < -0.39 is 0 Å². The molecule has 2 aliphatic heterocycles. The molecule has 0 aliphatic carbocycles. The number of fused-ring (bicyclic) bond motifs is 1. The highest BCUT2D eigenvalue weighted by molar-refractivity contribution is 6.05. The molecule has 0 saturated carbocycles. The molecular weight excluding hydrogens is 421 g/mol. The van der Waals surface area contributed by atoms with E-state index in [1.165, 1.54) is 24.3 Å². The SMILES string of the molecule is O=C(Nc1ccc(F)cc1)c1cccc(NC2c3ccccc3C(=O)N2CC2CCCO2)c1. The van der Waals surface area contributed by atoms with Crippen LogP contribution in [-0.4, -0.2) is 36.0 Å². The maximum Gasteiger partial charge on any atom is 0.256 e. The molecule has 0 aromatic heterocycles. The van der Waals surface area contributed by atoms with Crippen molar-refractivity contribution in [2.24, 2.45) is 0 Å². The molecule has 7 heteroatoms. The zero-order valence-electron chi connectivity index (χ0n) is 18.0. The van der Waals surface area contributed by atoms with Gasteiger partial charge in [-0.2, -0.15) is 0 Å². The van der Waals surface area contributed by atoms with E-state index in [-0.39, 0.29) is 29.9 Å². The first-order valence-corrected chi connectivity index (χ1v) is 11.0. The number of anilines is 2. The van der Waals surface area contributed by atoms with Crippen LogP contribution in [0.4, 0.5) is 15.8 Å². The molecule has 2 aliphatic rings. The number of ether oxygens (including phenoxy) is 1. The zero-order valence-corrected chi connectivity index (χ0v) is 18.0. The van der Waals surface area contributed by atoms with Crippen LogP contribution >= 0.6 is 0 Å². The van der Waals surface area contributed by atoms with E-state index in [2.05, 4.69) is 10.6 Å². The Balaban J connectivity index is 1.37. The van der Waals surface area contributed by atoms with Gasteiger partial charge in [0, 0.05) is 41.2 Å². The Hall–Kier alpha value is -3.71. The number of hydrogen-bond acceptors (Lipinski definition) is 4. The number of amides is 2. The van der Waals surface area contributed by atoms with Gasteiger partial charge in [0.2, 0.25) is 0 Å². The summed E-state index contributed by atoms with van der Waals surface area (Å²) in [6.07, 6.45) is 1.61.